The van der Waals surface area contributed by atoms with E-state index < -0.39 is 0 Å². The van der Waals surface area contributed by atoms with E-state index in [9.17, 15) is 4.79 Å². The van der Waals surface area contributed by atoms with Crippen molar-refractivity contribution in [1.29, 1.82) is 0 Å². The Hall–Kier alpha value is -2.38. The molecule has 1 amide bonds. The van der Waals surface area contributed by atoms with E-state index in [0.717, 1.165) is 5.69 Å². The highest BCUT2D eigenvalue weighted by molar-refractivity contribution is 8.00. The summed E-state index contributed by atoms with van der Waals surface area (Å²) in [5.74, 6) is 0.283. The fourth-order valence-corrected chi connectivity index (χ4v) is 2.73. The van der Waals surface area contributed by atoms with Gasteiger partial charge in [-0.15, -0.1) is 5.10 Å². The zero-order valence-electron chi connectivity index (χ0n) is 12.8. The average molecular weight is 360 g/mol. The number of nitrogens with zero attached hydrogens (tertiary/aromatic N) is 4. The Labute approximate surface area is 148 Å². The van der Waals surface area contributed by atoms with Gasteiger partial charge in [0.1, 0.15) is 12.1 Å². The largest absolute Gasteiger partial charge is 0.310 e. The van der Waals surface area contributed by atoms with Crippen LogP contribution in [0.25, 0.3) is 5.69 Å². The van der Waals surface area contributed by atoms with E-state index in [2.05, 4.69) is 20.4 Å². The highest BCUT2D eigenvalue weighted by Crippen LogP contribution is 2.21. The minimum atomic E-state index is -0.367. The number of benzene rings is 1. The van der Waals surface area contributed by atoms with Crippen LogP contribution >= 0.6 is 23.4 Å². The number of rotatable bonds is 5. The Morgan fingerprint density at radius 2 is 2.00 bits per heavy atom. The first-order chi connectivity index (χ1) is 11.6. The third kappa shape index (κ3) is 4.12. The molecule has 0 aliphatic carbocycles. The molecule has 0 radical (unpaired) electrons. The van der Waals surface area contributed by atoms with Gasteiger partial charge in [-0.3, -0.25) is 4.79 Å². The summed E-state index contributed by atoms with van der Waals surface area (Å²) in [7, 11) is 0. The first-order valence-electron chi connectivity index (χ1n) is 7.18. The van der Waals surface area contributed by atoms with Crippen molar-refractivity contribution < 1.29 is 4.79 Å². The number of amides is 1. The SMILES string of the molecule is C[C@H](Sc1ncn(-c2ccccc2)n1)C(=O)Nc1ccc(Cl)cn1. The Morgan fingerprint density at radius 1 is 1.21 bits per heavy atom. The number of carbonyl (C=O) groups excluding carboxylic acids is 1. The predicted octanol–water partition coefficient (Wildman–Crippen LogP) is 3.44. The zero-order chi connectivity index (χ0) is 16.9. The van der Waals surface area contributed by atoms with E-state index in [1.54, 1.807) is 30.1 Å². The van der Waals surface area contributed by atoms with Crippen LogP contribution in [0.4, 0.5) is 5.82 Å². The van der Waals surface area contributed by atoms with Gasteiger partial charge in [-0.25, -0.2) is 14.6 Å². The van der Waals surface area contributed by atoms with Crippen LogP contribution in [0.1, 0.15) is 6.92 Å². The van der Waals surface area contributed by atoms with Gasteiger partial charge in [0.15, 0.2) is 0 Å². The average Bonchev–Trinajstić information content (AvgIpc) is 3.06. The fraction of sp³-hybridized carbons (Fsp3) is 0.125. The van der Waals surface area contributed by atoms with E-state index in [0.29, 0.717) is 16.0 Å². The van der Waals surface area contributed by atoms with Gasteiger partial charge in [-0.05, 0) is 31.2 Å². The summed E-state index contributed by atoms with van der Waals surface area (Å²) < 4.78 is 1.67. The quantitative estimate of drug-likeness (QED) is 0.706. The monoisotopic (exact) mass is 359 g/mol. The topological polar surface area (TPSA) is 72.7 Å². The minimum absolute atomic E-state index is 0.175. The molecule has 2 heterocycles. The van der Waals surface area contributed by atoms with Crippen molar-refractivity contribution in [3.63, 3.8) is 0 Å². The molecule has 6 nitrogen and oxygen atoms in total. The van der Waals surface area contributed by atoms with Crippen LogP contribution in [0.5, 0.6) is 0 Å². The number of para-hydroxylation sites is 1. The Balaban J connectivity index is 1.62. The molecule has 1 aromatic carbocycles. The molecule has 0 saturated carbocycles. The molecule has 0 fully saturated rings. The molecular formula is C16H14ClN5OS. The number of hydrogen-bond acceptors (Lipinski definition) is 5. The predicted molar refractivity (Wildman–Crippen MR) is 94.6 cm³/mol. The zero-order valence-corrected chi connectivity index (χ0v) is 14.3. The first-order valence-corrected chi connectivity index (χ1v) is 8.44. The third-order valence-electron chi connectivity index (χ3n) is 3.12. The standard InChI is InChI=1S/C16H14ClN5OS/c1-11(15(23)20-14-8-7-12(17)9-18-14)24-16-19-10-22(21-16)13-5-3-2-4-6-13/h2-11H,1H3,(H,18,20,23)/t11-/m0/s1. The molecule has 8 heteroatoms. The van der Waals surface area contributed by atoms with Gasteiger partial charge in [-0.2, -0.15) is 0 Å². The molecule has 0 unspecified atom stereocenters. The summed E-state index contributed by atoms with van der Waals surface area (Å²) >= 11 is 7.05. The molecular weight excluding hydrogens is 346 g/mol. The summed E-state index contributed by atoms with van der Waals surface area (Å²) in [4.78, 5) is 20.5. The maximum Gasteiger partial charge on any atom is 0.238 e. The van der Waals surface area contributed by atoms with Gasteiger partial charge in [0.05, 0.1) is 16.0 Å². The molecule has 2 aromatic heterocycles. The number of carbonyl (C=O) groups is 1. The van der Waals surface area contributed by atoms with E-state index in [1.807, 2.05) is 30.3 Å². The Morgan fingerprint density at radius 3 is 2.71 bits per heavy atom. The molecule has 1 N–H and O–H groups in total. The number of hydrogen-bond donors (Lipinski definition) is 1. The third-order valence-corrected chi connectivity index (χ3v) is 4.31. The second kappa shape index (κ2) is 7.46. The molecule has 0 aliphatic rings. The number of anilines is 1. The van der Waals surface area contributed by atoms with Crippen molar-refractivity contribution in [2.75, 3.05) is 5.32 Å². The van der Waals surface area contributed by atoms with Crippen molar-refractivity contribution in [1.82, 2.24) is 19.7 Å². The summed E-state index contributed by atoms with van der Waals surface area (Å²) in [6.07, 6.45) is 3.11. The van der Waals surface area contributed by atoms with Crippen LogP contribution in [0.3, 0.4) is 0 Å². The number of thioether (sulfide) groups is 1. The van der Waals surface area contributed by atoms with E-state index in [-0.39, 0.29) is 11.2 Å². The molecule has 122 valence electrons. The second-order valence-corrected chi connectivity index (χ2v) is 6.66. The summed E-state index contributed by atoms with van der Waals surface area (Å²) in [6, 6.07) is 13.0. The molecule has 3 rings (SSSR count). The normalized spacial score (nSPS) is 11.9. The fourth-order valence-electron chi connectivity index (χ4n) is 1.90. The lowest BCUT2D eigenvalue weighted by Crippen LogP contribution is -2.23. The van der Waals surface area contributed by atoms with Gasteiger partial charge < -0.3 is 5.32 Å². The molecule has 3 aromatic rings. The van der Waals surface area contributed by atoms with Gasteiger partial charge in [0.2, 0.25) is 11.1 Å². The number of pyridine rings is 1. The molecule has 0 saturated heterocycles. The maximum atomic E-state index is 12.2. The van der Waals surface area contributed by atoms with Crippen molar-refractivity contribution >= 4 is 35.1 Å². The molecule has 24 heavy (non-hydrogen) atoms. The lowest BCUT2D eigenvalue weighted by Gasteiger charge is -2.09. The summed E-state index contributed by atoms with van der Waals surface area (Å²) in [5, 5.41) is 7.80. The second-order valence-electron chi connectivity index (χ2n) is 4.92. The van der Waals surface area contributed by atoms with Gasteiger partial charge >= 0.3 is 0 Å². The molecule has 0 aliphatic heterocycles. The van der Waals surface area contributed by atoms with Gasteiger partial charge in [0.25, 0.3) is 0 Å². The summed E-state index contributed by atoms with van der Waals surface area (Å²) in [6.45, 7) is 1.79. The van der Waals surface area contributed by atoms with Crippen molar-refractivity contribution in [3.8, 4) is 5.69 Å². The van der Waals surface area contributed by atoms with Crippen LogP contribution in [-0.2, 0) is 4.79 Å². The molecule has 0 spiro atoms. The smallest absolute Gasteiger partial charge is 0.238 e. The van der Waals surface area contributed by atoms with E-state index >= 15 is 0 Å². The minimum Gasteiger partial charge on any atom is -0.310 e. The Bertz CT molecular complexity index is 822. The van der Waals surface area contributed by atoms with Gasteiger partial charge in [0, 0.05) is 6.20 Å². The highest BCUT2D eigenvalue weighted by Gasteiger charge is 2.17. The first kappa shape index (κ1) is 16.5. The number of halogens is 1. The van der Waals surface area contributed by atoms with Crippen LogP contribution in [-0.4, -0.2) is 30.9 Å². The van der Waals surface area contributed by atoms with Crippen molar-refractivity contribution in [2.45, 2.75) is 17.3 Å². The van der Waals surface area contributed by atoms with Crippen LogP contribution in [0, 0.1) is 0 Å². The summed E-state index contributed by atoms with van der Waals surface area (Å²) in [5.41, 5.74) is 0.916. The van der Waals surface area contributed by atoms with Gasteiger partial charge in [-0.1, -0.05) is 41.6 Å². The molecule has 0 bridgehead atoms. The Kier molecular flexibility index (Phi) is 5.12. The van der Waals surface area contributed by atoms with Crippen LogP contribution in [0.2, 0.25) is 5.02 Å². The van der Waals surface area contributed by atoms with E-state index in [4.69, 9.17) is 11.6 Å². The van der Waals surface area contributed by atoms with E-state index in [1.165, 1.54) is 18.0 Å². The van der Waals surface area contributed by atoms with Crippen LogP contribution < -0.4 is 5.32 Å². The van der Waals surface area contributed by atoms with Crippen LogP contribution in [0.15, 0.2) is 60.1 Å². The lowest BCUT2D eigenvalue weighted by molar-refractivity contribution is -0.115. The number of aromatic nitrogens is 4. The van der Waals surface area contributed by atoms with Crippen molar-refractivity contribution in [2.24, 2.45) is 0 Å². The molecule has 1 atom stereocenters. The maximum absolute atomic E-state index is 12.2. The highest BCUT2D eigenvalue weighted by atomic mass is 35.5. The lowest BCUT2D eigenvalue weighted by atomic mass is 10.3. The number of nitrogens with one attached hydrogen (secondary N) is 1. The van der Waals surface area contributed by atoms with Crippen molar-refractivity contribution in [3.05, 3.63) is 60.0 Å².